The highest BCUT2D eigenvalue weighted by atomic mass is 35.5. The lowest BCUT2D eigenvalue weighted by molar-refractivity contribution is 0.307. The molecule has 56 valence electrons. The van der Waals surface area contributed by atoms with Crippen LogP contribution < -0.4 is 0 Å². The van der Waals surface area contributed by atoms with Gasteiger partial charge in [0.15, 0.2) is 0 Å². The second-order valence-electron chi connectivity index (χ2n) is 1.57. The van der Waals surface area contributed by atoms with Crippen LogP contribution in [0.3, 0.4) is 0 Å². The Morgan fingerprint density at radius 2 is 2.40 bits per heavy atom. The maximum Gasteiger partial charge on any atom is 0.118 e. The molecule has 0 amide bonds. The van der Waals surface area contributed by atoms with Gasteiger partial charge in [0.2, 0.25) is 0 Å². The standard InChI is InChI=1S/C8H11ClO/c1-3-5-8(10-2)6-4-7-9/h3-6H,1,7H2,2H3/b6-4-,8-5+. The molecule has 0 aromatic carbocycles. The second-order valence-corrected chi connectivity index (χ2v) is 1.87. The maximum absolute atomic E-state index is 5.41. The van der Waals surface area contributed by atoms with E-state index in [1.165, 1.54) is 0 Å². The molecule has 10 heavy (non-hydrogen) atoms. The molecule has 0 atom stereocenters. The molecule has 0 radical (unpaired) electrons. The Balaban J connectivity index is 3.94. The van der Waals surface area contributed by atoms with Crippen molar-refractivity contribution >= 4 is 11.6 Å². The van der Waals surface area contributed by atoms with E-state index in [2.05, 4.69) is 6.58 Å². The molecule has 0 aromatic heterocycles. The normalized spacial score (nSPS) is 12.0. The van der Waals surface area contributed by atoms with Gasteiger partial charge in [0.05, 0.1) is 7.11 Å². The summed E-state index contributed by atoms with van der Waals surface area (Å²) in [5.41, 5.74) is 0. The first-order valence-electron chi connectivity index (χ1n) is 2.94. The van der Waals surface area contributed by atoms with Gasteiger partial charge in [-0.15, -0.1) is 11.6 Å². The lowest BCUT2D eigenvalue weighted by Crippen LogP contribution is -1.79. The van der Waals surface area contributed by atoms with Crippen LogP contribution in [0.5, 0.6) is 0 Å². The van der Waals surface area contributed by atoms with E-state index in [1.807, 2.05) is 0 Å². The van der Waals surface area contributed by atoms with Crippen molar-refractivity contribution < 1.29 is 4.74 Å². The fraction of sp³-hybridized carbons (Fsp3) is 0.250. The predicted octanol–water partition coefficient (Wildman–Crippen LogP) is 2.50. The Morgan fingerprint density at radius 3 is 2.80 bits per heavy atom. The van der Waals surface area contributed by atoms with E-state index in [9.17, 15) is 0 Å². The number of hydrogen-bond acceptors (Lipinski definition) is 1. The smallest absolute Gasteiger partial charge is 0.118 e. The van der Waals surface area contributed by atoms with Crippen LogP contribution in [-0.2, 0) is 4.74 Å². The third-order valence-corrected chi connectivity index (χ3v) is 1.07. The van der Waals surface area contributed by atoms with Gasteiger partial charge in [-0.1, -0.05) is 18.7 Å². The summed E-state index contributed by atoms with van der Waals surface area (Å²) in [4.78, 5) is 0. The Labute approximate surface area is 66.6 Å². The van der Waals surface area contributed by atoms with Gasteiger partial charge in [0, 0.05) is 5.88 Å². The van der Waals surface area contributed by atoms with E-state index < -0.39 is 0 Å². The first-order valence-corrected chi connectivity index (χ1v) is 3.47. The Bertz CT molecular complexity index is 147. The summed E-state index contributed by atoms with van der Waals surface area (Å²) in [6.07, 6.45) is 7.04. The minimum Gasteiger partial charge on any atom is -0.497 e. The van der Waals surface area contributed by atoms with E-state index in [0.717, 1.165) is 5.76 Å². The third kappa shape index (κ3) is 4.21. The van der Waals surface area contributed by atoms with E-state index in [-0.39, 0.29) is 0 Å². The van der Waals surface area contributed by atoms with E-state index in [4.69, 9.17) is 16.3 Å². The van der Waals surface area contributed by atoms with Crippen molar-refractivity contribution in [2.24, 2.45) is 0 Å². The summed E-state index contributed by atoms with van der Waals surface area (Å²) < 4.78 is 4.94. The number of alkyl halides is 1. The average Bonchev–Trinajstić information content (AvgIpc) is 1.98. The number of ether oxygens (including phenoxy) is 1. The van der Waals surface area contributed by atoms with Crippen LogP contribution in [0.2, 0.25) is 0 Å². The zero-order valence-electron chi connectivity index (χ0n) is 6.01. The molecule has 2 heteroatoms. The Kier molecular flexibility index (Phi) is 5.99. The minimum absolute atomic E-state index is 0.498. The summed E-state index contributed by atoms with van der Waals surface area (Å²) in [5.74, 6) is 1.26. The van der Waals surface area contributed by atoms with Gasteiger partial charge in [-0.2, -0.15) is 0 Å². The molecular weight excluding hydrogens is 148 g/mol. The average molecular weight is 159 g/mol. The van der Waals surface area contributed by atoms with Crippen molar-refractivity contribution in [3.05, 3.63) is 36.6 Å². The van der Waals surface area contributed by atoms with Crippen molar-refractivity contribution in [2.45, 2.75) is 0 Å². The SMILES string of the molecule is C=C/C=C(\C=C/CCl)OC. The number of hydrogen-bond donors (Lipinski definition) is 0. The minimum atomic E-state index is 0.498. The zero-order chi connectivity index (χ0) is 7.82. The molecule has 0 aliphatic heterocycles. The summed E-state index contributed by atoms with van der Waals surface area (Å²) in [6, 6.07) is 0. The van der Waals surface area contributed by atoms with Gasteiger partial charge in [-0.25, -0.2) is 0 Å². The summed E-state index contributed by atoms with van der Waals surface area (Å²) in [6.45, 7) is 3.53. The van der Waals surface area contributed by atoms with Crippen molar-refractivity contribution in [1.29, 1.82) is 0 Å². The summed E-state index contributed by atoms with van der Waals surface area (Å²) in [5, 5.41) is 0. The van der Waals surface area contributed by atoms with E-state index >= 15 is 0 Å². The largest absolute Gasteiger partial charge is 0.497 e. The van der Waals surface area contributed by atoms with Gasteiger partial charge in [-0.05, 0) is 12.2 Å². The molecule has 0 aliphatic rings. The number of methoxy groups -OCH3 is 1. The Hall–Kier alpha value is -0.690. The summed E-state index contributed by atoms with van der Waals surface area (Å²) in [7, 11) is 1.61. The first-order chi connectivity index (χ1) is 4.85. The highest BCUT2D eigenvalue weighted by molar-refractivity contribution is 6.18. The van der Waals surface area contributed by atoms with Crippen molar-refractivity contribution in [3.8, 4) is 0 Å². The molecule has 0 N–H and O–H groups in total. The van der Waals surface area contributed by atoms with Crippen LogP contribution in [0.4, 0.5) is 0 Å². The molecule has 1 nitrogen and oxygen atoms in total. The molecule has 0 spiro atoms. The number of allylic oxidation sites excluding steroid dienone is 4. The maximum atomic E-state index is 5.41. The van der Waals surface area contributed by atoms with Crippen molar-refractivity contribution in [2.75, 3.05) is 13.0 Å². The van der Waals surface area contributed by atoms with Crippen LogP contribution in [0.1, 0.15) is 0 Å². The van der Waals surface area contributed by atoms with Gasteiger partial charge in [0.25, 0.3) is 0 Å². The number of halogens is 1. The van der Waals surface area contributed by atoms with Crippen LogP contribution in [-0.4, -0.2) is 13.0 Å². The van der Waals surface area contributed by atoms with Gasteiger partial charge in [-0.3, -0.25) is 0 Å². The molecule has 0 rings (SSSR count). The molecule has 0 unspecified atom stereocenters. The molecule has 0 saturated heterocycles. The molecule has 0 fully saturated rings. The topological polar surface area (TPSA) is 9.23 Å². The van der Waals surface area contributed by atoms with Crippen LogP contribution >= 0.6 is 11.6 Å². The second kappa shape index (κ2) is 6.43. The molecule has 0 heterocycles. The summed E-state index contributed by atoms with van der Waals surface area (Å²) >= 11 is 5.41. The van der Waals surface area contributed by atoms with Crippen LogP contribution in [0, 0.1) is 0 Å². The number of rotatable bonds is 4. The highest BCUT2D eigenvalue weighted by Gasteiger charge is 1.83. The van der Waals surface area contributed by atoms with Crippen molar-refractivity contribution in [3.63, 3.8) is 0 Å². The lowest BCUT2D eigenvalue weighted by atomic mass is 10.4. The van der Waals surface area contributed by atoms with Gasteiger partial charge in [0.1, 0.15) is 5.76 Å². The fourth-order valence-corrected chi connectivity index (χ4v) is 0.558. The van der Waals surface area contributed by atoms with Gasteiger partial charge < -0.3 is 4.74 Å². The molecule has 0 saturated carbocycles. The first kappa shape index (κ1) is 9.31. The van der Waals surface area contributed by atoms with Gasteiger partial charge >= 0.3 is 0 Å². The molecular formula is C8H11ClO. The highest BCUT2D eigenvalue weighted by Crippen LogP contribution is 1.97. The van der Waals surface area contributed by atoms with E-state index in [1.54, 1.807) is 31.4 Å². The van der Waals surface area contributed by atoms with Crippen molar-refractivity contribution in [1.82, 2.24) is 0 Å². The predicted molar refractivity (Wildman–Crippen MR) is 45.1 cm³/mol. The lowest BCUT2D eigenvalue weighted by Gasteiger charge is -1.95. The van der Waals surface area contributed by atoms with E-state index in [0.29, 0.717) is 5.88 Å². The molecule has 0 aliphatic carbocycles. The van der Waals surface area contributed by atoms with Crippen LogP contribution in [0.25, 0.3) is 0 Å². The van der Waals surface area contributed by atoms with Crippen LogP contribution in [0.15, 0.2) is 36.6 Å². The Morgan fingerprint density at radius 1 is 1.70 bits per heavy atom. The fourth-order valence-electron chi connectivity index (χ4n) is 0.468. The quantitative estimate of drug-likeness (QED) is 0.347. The molecule has 0 aromatic rings. The zero-order valence-corrected chi connectivity index (χ0v) is 6.77. The monoisotopic (exact) mass is 158 g/mol. The molecule has 0 bridgehead atoms. The third-order valence-electron chi connectivity index (χ3n) is 0.889.